The number of fused-ring (bicyclic) bond motifs is 1. The molecule has 2 heterocycles. The van der Waals surface area contributed by atoms with Crippen molar-refractivity contribution in [1.29, 1.82) is 0 Å². The average molecular weight is 506 g/mol. The predicted octanol–water partition coefficient (Wildman–Crippen LogP) is 6.92. The molecule has 0 radical (unpaired) electrons. The van der Waals surface area contributed by atoms with E-state index in [2.05, 4.69) is 18.7 Å². The van der Waals surface area contributed by atoms with Crippen LogP contribution in [0.25, 0.3) is 11.1 Å². The van der Waals surface area contributed by atoms with Gasteiger partial charge in [-0.3, -0.25) is 4.90 Å². The van der Waals surface area contributed by atoms with Crippen molar-refractivity contribution in [3.8, 4) is 23.0 Å². The van der Waals surface area contributed by atoms with E-state index in [0.29, 0.717) is 29.2 Å². The molecule has 3 aromatic carbocycles. The number of halogens is 1. The normalized spacial score (nSPS) is 20.7. The van der Waals surface area contributed by atoms with Crippen molar-refractivity contribution >= 4 is 22.7 Å². The minimum atomic E-state index is -0.444. The lowest BCUT2D eigenvalue weighted by Crippen LogP contribution is -2.35. The molecule has 1 unspecified atom stereocenters. The summed E-state index contributed by atoms with van der Waals surface area (Å²) in [5, 5.41) is 20.8. The highest BCUT2D eigenvalue weighted by Crippen LogP contribution is 2.48. The van der Waals surface area contributed by atoms with Crippen LogP contribution in [0.3, 0.4) is 0 Å². The number of phenolic OH excluding ortho intramolecular Hbond substituents is 2. The Labute approximate surface area is 217 Å². The van der Waals surface area contributed by atoms with Crippen LogP contribution in [0, 0.1) is 5.92 Å². The smallest absolute Gasteiger partial charge is 0.150 e. The summed E-state index contributed by atoms with van der Waals surface area (Å²) in [6, 6.07) is 18.3. The predicted molar refractivity (Wildman–Crippen MR) is 144 cm³/mol. The third-order valence-electron chi connectivity index (χ3n) is 7.25. The SMILES string of the molecule is CC1=C(c2cccc(O)c2)C(c2ccc(OC[C@H](C)N3CC[C@@H](C)C3)c(Cl)c2)Oc2ccc(O)cc21. The van der Waals surface area contributed by atoms with Crippen LogP contribution < -0.4 is 9.47 Å². The van der Waals surface area contributed by atoms with Crippen molar-refractivity contribution in [2.45, 2.75) is 39.3 Å². The van der Waals surface area contributed by atoms with Crippen LogP contribution in [0.1, 0.15) is 50.0 Å². The van der Waals surface area contributed by atoms with Gasteiger partial charge in [-0.05, 0) is 91.9 Å². The van der Waals surface area contributed by atoms with Crippen LogP contribution >= 0.6 is 11.6 Å². The minimum absolute atomic E-state index is 0.174. The number of rotatable bonds is 6. The Kier molecular flexibility index (Phi) is 6.87. The Hall–Kier alpha value is -3.15. The monoisotopic (exact) mass is 505 g/mol. The molecule has 1 fully saturated rings. The van der Waals surface area contributed by atoms with E-state index in [1.165, 1.54) is 6.42 Å². The van der Waals surface area contributed by atoms with Gasteiger partial charge in [0.15, 0.2) is 0 Å². The molecule has 188 valence electrons. The van der Waals surface area contributed by atoms with Crippen LogP contribution in [0.15, 0.2) is 60.7 Å². The zero-order chi connectivity index (χ0) is 25.4. The summed E-state index contributed by atoms with van der Waals surface area (Å²) >= 11 is 6.71. The first-order valence-electron chi connectivity index (χ1n) is 12.5. The molecule has 36 heavy (non-hydrogen) atoms. The zero-order valence-electron chi connectivity index (χ0n) is 20.9. The molecule has 2 aliphatic heterocycles. The van der Waals surface area contributed by atoms with Crippen molar-refractivity contribution < 1.29 is 19.7 Å². The highest BCUT2D eigenvalue weighted by Gasteiger charge is 2.30. The number of aromatic hydroxyl groups is 2. The second-order valence-electron chi connectivity index (χ2n) is 10.0. The summed E-state index contributed by atoms with van der Waals surface area (Å²) < 4.78 is 12.6. The van der Waals surface area contributed by atoms with Gasteiger partial charge in [0.1, 0.15) is 35.7 Å². The van der Waals surface area contributed by atoms with E-state index in [0.717, 1.165) is 46.8 Å². The fourth-order valence-corrected chi connectivity index (χ4v) is 5.44. The Balaban J connectivity index is 1.44. The number of ether oxygens (including phenoxy) is 2. The number of likely N-dealkylation sites (tertiary alicyclic amines) is 1. The summed E-state index contributed by atoms with van der Waals surface area (Å²) in [7, 11) is 0. The molecule has 2 N–H and O–H groups in total. The molecule has 0 spiro atoms. The Morgan fingerprint density at radius 2 is 1.89 bits per heavy atom. The first-order chi connectivity index (χ1) is 17.3. The van der Waals surface area contributed by atoms with E-state index in [1.807, 2.05) is 37.3 Å². The molecule has 0 bridgehead atoms. The van der Waals surface area contributed by atoms with Gasteiger partial charge in [0.05, 0.1) is 5.02 Å². The third kappa shape index (κ3) is 4.91. The molecule has 0 aliphatic carbocycles. The number of benzene rings is 3. The van der Waals surface area contributed by atoms with E-state index >= 15 is 0 Å². The van der Waals surface area contributed by atoms with Crippen LogP contribution in [0.2, 0.25) is 5.02 Å². The Bertz CT molecular complexity index is 1300. The van der Waals surface area contributed by atoms with E-state index in [-0.39, 0.29) is 11.5 Å². The van der Waals surface area contributed by atoms with Gasteiger partial charge in [0.25, 0.3) is 0 Å². The van der Waals surface area contributed by atoms with Crippen LogP contribution in [0.4, 0.5) is 0 Å². The number of hydrogen-bond acceptors (Lipinski definition) is 5. The Morgan fingerprint density at radius 1 is 1.08 bits per heavy atom. The maximum Gasteiger partial charge on any atom is 0.150 e. The second-order valence-corrected chi connectivity index (χ2v) is 10.4. The number of allylic oxidation sites excluding steroid dienone is 1. The van der Waals surface area contributed by atoms with Gasteiger partial charge in [0.2, 0.25) is 0 Å². The number of hydrogen-bond donors (Lipinski definition) is 2. The quantitative estimate of drug-likeness (QED) is 0.380. The molecule has 1 saturated heterocycles. The molecule has 2 aliphatic rings. The van der Waals surface area contributed by atoms with Gasteiger partial charge in [-0.25, -0.2) is 0 Å². The van der Waals surface area contributed by atoms with Gasteiger partial charge in [-0.15, -0.1) is 0 Å². The van der Waals surface area contributed by atoms with Gasteiger partial charge >= 0.3 is 0 Å². The molecule has 3 aromatic rings. The van der Waals surface area contributed by atoms with E-state index in [4.69, 9.17) is 21.1 Å². The van der Waals surface area contributed by atoms with Crippen molar-refractivity contribution in [1.82, 2.24) is 4.90 Å². The van der Waals surface area contributed by atoms with Gasteiger partial charge in [0, 0.05) is 23.7 Å². The summed E-state index contributed by atoms with van der Waals surface area (Å²) in [6.07, 6.45) is 0.790. The van der Waals surface area contributed by atoms with Crippen LogP contribution in [0.5, 0.6) is 23.0 Å². The van der Waals surface area contributed by atoms with Crippen molar-refractivity contribution in [3.63, 3.8) is 0 Å². The molecule has 5 nitrogen and oxygen atoms in total. The lowest BCUT2D eigenvalue weighted by Gasteiger charge is -2.31. The van der Waals surface area contributed by atoms with E-state index in [1.54, 1.807) is 30.3 Å². The van der Waals surface area contributed by atoms with Crippen molar-refractivity contribution in [3.05, 3.63) is 82.4 Å². The summed E-state index contributed by atoms with van der Waals surface area (Å²) in [6.45, 7) is 9.29. The minimum Gasteiger partial charge on any atom is -0.508 e. The first kappa shape index (κ1) is 24.5. The topological polar surface area (TPSA) is 62.2 Å². The van der Waals surface area contributed by atoms with E-state index in [9.17, 15) is 10.2 Å². The van der Waals surface area contributed by atoms with Crippen LogP contribution in [-0.4, -0.2) is 40.9 Å². The highest BCUT2D eigenvalue weighted by molar-refractivity contribution is 6.32. The van der Waals surface area contributed by atoms with Gasteiger partial charge < -0.3 is 19.7 Å². The largest absolute Gasteiger partial charge is 0.508 e. The summed E-state index contributed by atoms with van der Waals surface area (Å²) in [4.78, 5) is 2.47. The molecule has 3 atom stereocenters. The molecule has 0 amide bonds. The average Bonchev–Trinajstić information content (AvgIpc) is 3.29. The standard InChI is InChI=1S/C30H32ClNO4/c1-18-11-12-32(16-18)19(2)17-35-28-9-7-22(14-26(28)31)30-29(21-5-4-6-23(33)13-21)20(3)25-15-24(34)8-10-27(25)36-30/h4-10,13-15,18-19,30,33-34H,11-12,16-17H2,1-3H3/t18-,19+,30?/m1/s1. The molecular weight excluding hydrogens is 474 g/mol. The van der Waals surface area contributed by atoms with E-state index < -0.39 is 6.10 Å². The zero-order valence-corrected chi connectivity index (χ0v) is 21.6. The maximum atomic E-state index is 10.2. The fourth-order valence-electron chi connectivity index (χ4n) is 5.20. The maximum absolute atomic E-state index is 10.2. The first-order valence-corrected chi connectivity index (χ1v) is 12.8. The second kappa shape index (κ2) is 10.1. The molecule has 5 rings (SSSR count). The summed E-state index contributed by atoms with van der Waals surface area (Å²) in [5.41, 5.74) is 4.42. The highest BCUT2D eigenvalue weighted by atomic mass is 35.5. The van der Waals surface area contributed by atoms with Crippen molar-refractivity contribution in [2.24, 2.45) is 5.92 Å². The molecule has 6 heteroatoms. The molecular formula is C30H32ClNO4. The van der Waals surface area contributed by atoms with Gasteiger partial charge in [-0.2, -0.15) is 0 Å². The fraction of sp³-hybridized carbons (Fsp3) is 0.333. The van der Waals surface area contributed by atoms with Crippen molar-refractivity contribution in [2.75, 3.05) is 19.7 Å². The third-order valence-corrected chi connectivity index (χ3v) is 7.55. The Morgan fingerprint density at radius 3 is 2.61 bits per heavy atom. The lowest BCUT2D eigenvalue weighted by atomic mass is 9.86. The lowest BCUT2D eigenvalue weighted by molar-refractivity contribution is 0.169. The molecule has 0 aromatic heterocycles. The van der Waals surface area contributed by atoms with Crippen LogP contribution in [-0.2, 0) is 0 Å². The van der Waals surface area contributed by atoms with Gasteiger partial charge in [-0.1, -0.05) is 36.7 Å². The number of nitrogens with zero attached hydrogens (tertiary/aromatic N) is 1. The summed E-state index contributed by atoms with van der Waals surface area (Å²) in [5.74, 6) is 2.42. The molecule has 0 saturated carbocycles. The number of phenols is 2.